The number of benzene rings is 3. The molecule has 0 saturated carbocycles. The summed E-state index contributed by atoms with van der Waals surface area (Å²) in [5, 5.41) is 0. The van der Waals surface area contributed by atoms with Crippen molar-refractivity contribution in [2.24, 2.45) is 0 Å². The van der Waals surface area contributed by atoms with Gasteiger partial charge in [0.1, 0.15) is 11.5 Å². The van der Waals surface area contributed by atoms with E-state index in [1.807, 2.05) is 64.1 Å². The van der Waals surface area contributed by atoms with Crippen LogP contribution >= 0.6 is 0 Å². The maximum atomic E-state index is 12.5. The molecule has 0 aliphatic rings. The molecular formula is C26H26O4. The van der Waals surface area contributed by atoms with Gasteiger partial charge in [-0.3, -0.25) is 0 Å². The number of carbonyl (C=O) groups is 2. The number of esters is 2. The number of hydrogen-bond acceptors (Lipinski definition) is 4. The molecule has 154 valence electrons. The lowest BCUT2D eigenvalue weighted by atomic mass is 10.0. The van der Waals surface area contributed by atoms with Crippen molar-refractivity contribution in [2.45, 2.75) is 39.5 Å². The SMILES string of the molecule is CC(C)c1ccccc1OC(=O)c1ccc(C(=O)Oc2ccccc2C(C)C)cc1. The van der Waals surface area contributed by atoms with Crippen molar-refractivity contribution in [3.05, 3.63) is 95.1 Å². The molecule has 4 heteroatoms. The molecule has 0 bridgehead atoms. The van der Waals surface area contributed by atoms with Crippen LogP contribution in [0.3, 0.4) is 0 Å². The number of rotatable bonds is 6. The Kier molecular flexibility index (Phi) is 6.68. The van der Waals surface area contributed by atoms with Crippen LogP contribution in [0.25, 0.3) is 0 Å². The average molecular weight is 402 g/mol. The minimum atomic E-state index is -0.465. The van der Waals surface area contributed by atoms with Gasteiger partial charge in [-0.1, -0.05) is 64.1 Å². The van der Waals surface area contributed by atoms with Crippen molar-refractivity contribution in [2.75, 3.05) is 0 Å². The summed E-state index contributed by atoms with van der Waals surface area (Å²) in [4.78, 5) is 25.1. The van der Waals surface area contributed by atoms with Crippen LogP contribution < -0.4 is 9.47 Å². The van der Waals surface area contributed by atoms with Gasteiger partial charge in [-0.15, -0.1) is 0 Å². The van der Waals surface area contributed by atoms with Crippen LogP contribution in [0.1, 0.15) is 71.4 Å². The smallest absolute Gasteiger partial charge is 0.343 e. The Hall–Kier alpha value is -3.40. The normalized spacial score (nSPS) is 10.9. The topological polar surface area (TPSA) is 52.6 Å². The van der Waals surface area contributed by atoms with E-state index in [0.717, 1.165) is 11.1 Å². The highest BCUT2D eigenvalue weighted by atomic mass is 16.5. The lowest BCUT2D eigenvalue weighted by Crippen LogP contribution is -2.12. The van der Waals surface area contributed by atoms with Crippen LogP contribution in [0, 0.1) is 0 Å². The van der Waals surface area contributed by atoms with Gasteiger partial charge < -0.3 is 9.47 Å². The van der Waals surface area contributed by atoms with E-state index in [0.29, 0.717) is 22.6 Å². The molecule has 0 aromatic heterocycles. The monoisotopic (exact) mass is 402 g/mol. The molecule has 0 saturated heterocycles. The maximum Gasteiger partial charge on any atom is 0.343 e. The first kappa shape index (κ1) is 21.3. The van der Waals surface area contributed by atoms with Gasteiger partial charge in [0.2, 0.25) is 0 Å². The Morgan fingerprint density at radius 2 is 0.900 bits per heavy atom. The predicted octanol–water partition coefficient (Wildman–Crippen LogP) is 6.37. The minimum Gasteiger partial charge on any atom is -0.423 e. The van der Waals surface area contributed by atoms with E-state index < -0.39 is 11.9 Å². The molecule has 0 spiro atoms. The Labute approximate surface area is 177 Å². The van der Waals surface area contributed by atoms with Gasteiger partial charge in [0, 0.05) is 0 Å². The molecule has 30 heavy (non-hydrogen) atoms. The van der Waals surface area contributed by atoms with E-state index in [1.165, 1.54) is 0 Å². The fourth-order valence-electron chi connectivity index (χ4n) is 3.16. The molecule has 0 N–H and O–H groups in total. The van der Waals surface area contributed by atoms with Crippen molar-refractivity contribution in [1.82, 2.24) is 0 Å². The van der Waals surface area contributed by atoms with Gasteiger partial charge >= 0.3 is 11.9 Å². The third-order valence-corrected chi connectivity index (χ3v) is 4.84. The van der Waals surface area contributed by atoms with E-state index in [-0.39, 0.29) is 11.8 Å². The second-order valence-electron chi connectivity index (χ2n) is 7.74. The highest BCUT2D eigenvalue weighted by Gasteiger charge is 2.16. The van der Waals surface area contributed by atoms with E-state index >= 15 is 0 Å². The summed E-state index contributed by atoms with van der Waals surface area (Å²) < 4.78 is 11.2. The molecule has 3 aromatic rings. The Bertz CT molecular complexity index is 948. The van der Waals surface area contributed by atoms with Crippen molar-refractivity contribution < 1.29 is 19.1 Å². The van der Waals surface area contributed by atoms with Crippen LogP contribution in [-0.2, 0) is 0 Å². The fraction of sp³-hybridized carbons (Fsp3) is 0.231. The summed E-state index contributed by atoms with van der Waals surface area (Å²) in [6.45, 7) is 8.18. The van der Waals surface area contributed by atoms with Gasteiger partial charge in [-0.25, -0.2) is 9.59 Å². The third-order valence-electron chi connectivity index (χ3n) is 4.84. The summed E-state index contributed by atoms with van der Waals surface area (Å²) in [7, 11) is 0. The van der Waals surface area contributed by atoms with Crippen molar-refractivity contribution in [3.63, 3.8) is 0 Å². The molecule has 3 rings (SSSR count). The summed E-state index contributed by atoms with van der Waals surface area (Å²) in [6, 6.07) is 21.3. The Morgan fingerprint density at radius 3 is 1.23 bits per heavy atom. The first-order valence-corrected chi connectivity index (χ1v) is 10.1. The summed E-state index contributed by atoms with van der Waals surface area (Å²) in [5.41, 5.74) is 2.67. The molecule has 0 radical (unpaired) electrons. The molecule has 3 aromatic carbocycles. The van der Waals surface area contributed by atoms with Crippen LogP contribution in [0.5, 0.6) is 11.5 Å². The summed E-state index contributed by atoms with van der Waals surface area (Å²) >= 11 is 0. The molecule has 0 unspecified atom stereocenters. The molecular weight excluding hydrogens is 376 g/mol. The van der Waals surface area contributed by atoms with E-state index in [9.17, 15) is 9.59 Å². The molecule has 0 atom stereocenters. The van der Waals surface area contributed by atoms with E-state index in [1.54, 1.807) is 36.4 Å². The standard InChI is InChI=1S/C26H26O4/c1-17(2)21-9-5-7-11-23(21)29-25(27)19-13-15-20(16-14-19)26(28)30-24-12-8-6-10-22(24)18(3)4/h5-18H,1-4H3. The van der Waals surface area contributed by atoms with Crippen molar-refractivity contribution in [3.8, 4) is 11.5 Å². The van der Waals surface area contributed by atoms with E-state index in [4.69, 9.17) is 9.47 Å². The molecule has 0 amide bonds. The number of ether oxygens (including phenoxy) is 2. The number of para-hydroxylation sites is 2. The van der Waals surface area contributed by atoms with Crippen LogP contribution in [0.4, 0.5) is 0 Å². The Morgan fingerprint density at radius 1 is 0.567 bits per heavy atom. The summed E-state index contributed by atoms with van der Waals surface area (Å²) in [5.74, 6) is 0.638. The molecule has 0 heterocycles. The van der Waals surface area contributed by atoms with Crippen LogP contribution in [-0.4, -0.2) is 11.9 Å². The summed E-state index contributed by atoms with van der Waals surface area (Å²) in [6.07, 6.45) is 0. The quantitative estimate of drug-likeness (QED) is 0.355. The lowest BCUT2D eigenvalue weighted by Gasteiger charge is -2.13. The van der Waals surface area contributed by atoms with Gasteiger partial charge in [-0.2, -0.15) is 0 Å². The van der Waals surface area contributed by atoms with Crippen LogP contribution in [0.15, 0.2) is 72.8 Å². The molecule has 0 fully saturated rings. The number of carbonyl (C=O) groups excluding carboxylic acids is 2. The minimum absolute atomic E-state index is 0.236. The highest BCUT2D eigenvalue weighted by molar-refractivity contribution is 5.95. The second kappa shape index (κ2) is 9.40. The second-order valence-corrected chi connectivity index (χ2v) is 7.74. The van der Waals surface area contributed by atoms with Crippen molar-refractivity contribution >= 4 is 11.9 Å². The predicted molar refractivity (Wildman–Crippen MR) is 117 cm³/mol. The maximum absolute atomic E-state index is 12.5. The number of hydrogen-bond donors (Lipinski definition) is 0. The molecule has 0 aliphatic carbocycles. The zero-order valence-corrected chi connectivity index (χ0v) is 17.7. The fourth-order valence-corrected chi connectivity index (χ4v) is 3.16. The first-order chi connectivity index (χ1) is 14.4. The lowest BCUT2D eigenvalue weighted by molar-refractivity contribution is 0.0718. The molecule has 4 nitrogen and oxygen atoms in total. The van der Waals surface area contributed by atoms with Crippen molar-refractivity contribution in [1.29, 1.82) is 0 Å². The van der Waals surface area contributed by atoms with Gasteiger partial charge in [0.15, 0.2) is 0 Å². The van der Waals surface area contributed by atoms with Gasteiger partial charge in [-0.05, 0) is 59.4 Å². The zero-order chi connectivity index (χ0) is 21.7. The first-order valence-electron chi connectivity index (χ1n) is 10.1. The Balaban J connectivity index is 1.72. The third kappa shape index (κ3) is 4.95. The van der Waals surface area contributed by atoms with E-state index in [2.05, 4.69) is 0 Å². The van der Waals surface area contributed by atoms with Crippen LogP contribution in [0.2, 0.25) is 0 Å². The van der Waals surface area contributed by atoms with Gasteiger partial charge in [0.05, 0.1) is 11.1 Å². The largest absolute Gasteiger partial charge is 0.423 e. The molecule has 0 aliphatic heterocycles. The van der Waals surface area contributed by atoms with Gasteiger partial charge in [0.25, 0.3) is 0 Å². The zero-order valence-electron chi connectivity index (χ0n) is 17.7. The highest BCUT2D eigenvalue weighted by Crippen LogP contribution is 2.28. The average Bonchev–Trinajstić information content (AvgIpc) is 2.74.